The standard InChI is InChI=1S/C19H20ClNO3/c1-12-13(2)17(9-8-15(12)19(20)22)23-11-14-10-21(3)16-6-4-5-7-18(16)24-14/h4-9,14H,10-11H2,1-3H3/t14-/m0/s1. The molecule has 0 saturated carbocycles. The number of hydrogen-bond acceptors (Lipinski definition) is 4. The summed E-state index contributed by atoms with van der Waals surface area (Å²) in [5.74, 6) is 1.62. The molecule has 5 heteroatoms. The van der Waals surface area contributed by atoms with Gasteiger partial charge in [-0.05, 0) is 60.8 Å². The first-order valence-electron chi connectivity index (χ1n) is 7.87. The molecule has 0 fully saturated rings. The monoisotopic (exact) mass is 345 g/mol. The minimum atomic E-state index is -0.448. The van der Waals surface area contributed by atoms with E-state index >= 15 is 0 Å². The van der Waals surface area contributed by atoms with Gasteiger partial charge in [0.15, 0.2) is 0 Å². The zero-order valence-electron chi connectivity index (χ0n) is 14.0. The van der Waals surface area contributed by atoms with Crippen LogP contribution in [0.5, 0.6) is 11.5 Å². The number of nitrogens with zero attached hydrogens (tertiary/aromatic N) is 1. The van der Waals surface area contributed by atoms with Crippen molar-refractivity contribution in [2.45, 2.75) is 20.0 Å². The highest BCUT2D eigenvalue weighted by Crippen LogP contribution is 2.32. The second-order valence-corrected chi connectivity index (χ2v) is 6.38. The summed E-state index contributed by atoms with van der Waals surface area (Å²) in [6.45, 7) is 5.00. The molecule has 0 aromatic heterocycles. The van der Waals surface area contributed by atoms with Crippen molar-refractivity contribution in [3.8, 4) is 11.5 Å². The van der Waals surface area contributed by atoms with Crippen molar-refractivity contribution in [3.63, 3.8) is 0 Å². The molecule has 3 rings (SSSR count). The van der Waals surface area contributed by atoms with Crippen LogP contribution in [0.4, 0.5) is 5.69 Å². The molecule has 126 valence electrons. The Morgan fingerprint density at radius 3 is 2.75 bits per heavy atom. The highest BCUT2D eigenvalue weighted by Gasteiger charge is 2.24. The number of hydrogen-bond donors (Lipinski definition) is 0. The van der Waals surface area contributed by atoms with Crippen molar-refractivity contribution in [1.29, 1.82) is 0 Å². The molecular weight excluding hydrogens is 326 g/mol. The Morgan fingerprint density at radius 1 is 1.25 bits per heavy atom. The van der Waals surface area contributed by atoms with Crippen molar-refractivity contribution in [2.75, 3.05) is 25.1 Å². The van der Waals surface area contributed by atoms with E-state index in [-0.39, 0.29) is 6.10 Å². The number of ether oxygens (including phenoxy) is 2. The van der Waals surface area contributed by atoms with E-state index in [4.69, 9.17) is 21.1 Å². The van der Waals surface area contributed by atoms with Gasteiger partial charge in [-0.15, -0.1) is 0 Å². The van der Waals surface area contributed by atoms with Crippen molar-refractivity contribution in [3.05, 3.63) is 53.1 Å². The lowest BCUT2D eigenvalue weighted by atomic mass is 10.0. The molecule has 24 heavy (non-hydrogen) atoms. The van der Waals surface area contributed by atoms with Crippen LogP contribution in [0.3, 0.4) is 0 Å². The van der Waals surface area contributed by atoms with Gasteiger partial charge in [-0.2, -0.15) is 0 Å². The SMILES string of the molecule is Cc1c(OC[C@@H]2CN(C)c3ccccc3O2)ccc(C(=O)Cl)c1C. The van der Waals surface area contributed by atoms with Crippen LogP contribution in [0.15, 0.2) is 36.4 Å². The lowest BCUT2D eigenvalue weighted by molar-refractivity contribution is 0.108. The molecule has 0 spiro atoms. The number of rotatable bonds is 4. The molecule has 2 aromatic rings. The maximum Gasteiger partial charge on any atom is 0.252 e. The molecule has 1 atom stereocenters. The lowest BCUT2D eigenvalue weighted by Gasteiger charge is -2.33. The van der Waals surface area contributed by atoms with Gasteiger partial charge in [-0.3, -0.25) is 4.79 Å². The second-order valence-electron chi connectivity index (χ2n) is 6.03. The van der Waals surface area contributed by atoms with Crippen molar-refractivity contribution < 1.29 is 14.3 Å². The van der Waals surface area contributed by atoms with Gasteiger partial charge in [0.05, 0.1) is 12.2 Å². The fraction of sp³-hybridized carbons (Fsp3) is 0.316. The van der Waals surface area contributed by atoms with Gasteiger partial charge in [0, 0.05) is 12.6 Å². The van der Waals surface area contributed by atoms with Crippen LogP contribution < -0.4 is 14.4 Å². The Hall–Kier alpha value is -2.20. The summed E-state index contributed by atoms with van der Waals surface area (Å²) in [7, 11) is 2.05. The van der Waals surface area contributed by atoms with Crippen LogP contribution in [0, 0.1) is 13.8 Å². The number of halogens is 1. The third-order valence-corrected chi connectivity index (χ3v) is 4.63. The molecule has 1 aliphatic heterocycles. The molecule has 0 aliphatic carbocycles. The van der Waals surface area contributed by atoms with Gasteiger partial charge >= 0.3 is 0 Å². The molecule has 1 heterocycles. The minimum absolute atomic E-state index is 0.0565. The molecule has 0 amide bonds. The summed E-state index contributed by atoms with van der Waals surface area (Å²) in [4.78, 5) is 13.6. The summed E-state index contributed by atoms with van der Waals surface area (Å²) in [5, 5.41) is -0.448. The summed E-state index contributed by atoms with van der Waals surface area (Å²) in [6, 6.07) is 11.5. The first-order chi connectivity index (χ1) is 11.5. The van der Waals surface area contributed by atoms with Crippen LogP contribution >= 0.6 is 11.6 Å². The molecule has 0 unspecified atom stereocenters. The van der Waals surface area contributed by atoms with E-state index in [1.165, 1.54) is 0 Å². The van der Waals surface area contributed by atoms with Gasteiger partial charge in [0.25, 0.3) is 5.24 Å². The third-order valence-electron chi connectivity index (χ3n) is 4.42. The minimum Gasteiger partial charge on any atom is -0.489 e. The number of carbonyl (C=O) groups excluding carboxylic acids is 1. The van der Waals surface area contributed by atoms with E-state index in [2.05, 4.69) is 4.90 Å². The predicted octanol–water partition coefficient (Wildman–Crippen LogP) is 3.96. The van der Waals surface area contributed by atoms with Crippen molar-refractivity contribution >= 4 is 22.5 Å². The maximum atomic E-state index is 11.4. The number of anilines is 1. The Morgan fingerprint density at radius 2 is 2.00 bits per heavy atom. The van der Waals surface area contributed by atoms with E-state index in [1.807, 2.05) is 45.2 Å². The highest BCUT2D eigenvalue weighted by atomic mass is 35.5. The molecule has 0 bridgehead atoms. The van der Waals surface area contributed by atoms with Crippen LogP contribution in [0.2, 0.25) is 0 Å². The third kappa shape index (κ3) is 3.20. The van der Waals surface area contributed by atoms with Crippen LogP contribution in [-0.4, -0.2) is 31.5 Å². The quantitative estimate of drug-likeness (QED) is 0.786. The summed E-state index contributed by atoms with van der Waals surface area (Å²) in [6.07, 6.45) is -0.0565. The van der Waals surface area contributed by atoms with E-state index in [9.17, 15) is 4.79 Å². The zero-order chi connectivity index (χ0) is 17.3. The average molecular weight is 346 g/mol. The number of para-hydroxylation sites is 2. The Bertz CT molecular complexity index is 775. The zero-order valence-corrected chi connectivity index (χ0v) is 14.8. The first-order valence-corrected chi connectivity index (χ1v) is 8.25. The molecule has 2 aromatic carbocycles. The highest BCUT2D eigenvalue weighted by molar-refractivity contribution is 6.67. The molecule has 0 radical (unpaired) electrons. The fourth-order valence-corrected chi connectivity index (χ4v) is 3.13. The molecule has 4 nitrogen and oxygen atoms in total. The van der Waals surface area contributed by atoms with Gasteiger partial charge in [0.2, 0.25) is 0 Å². The Kier molecular flexibility index (Phi) is 4.67. The average Bonchev–Trinajstić information content (AvgIpc) is 2.56. The summed E-state index contributed by atoms with van der Waals surface area (Å²) in [5.41, 5.74) is 3.38. The number of likely N-dealkylation sites (N-methyl/N-ethyl adjacent to an activating group) is 1. The summed E-state index contributed by atoms with van der Waals surface area (Å²) < 4.78 is 12.0. The van der Waals surface area contributed by atoms with Crippen LogP contribution in [-0.2, 0) is 0 Å². The van der Waals surface area contributed by atoms with Gasteiger partial charge in [-0.1, -0.05) is 12.1 Å². The van der Waals surface area contributed by atoms with Crippen molar-refractivity contribution in [1.82, 2.24) is 0 Å². The van der Waals surface area contributed by atoms with E-state index in [1.54, 1.807) is 12.1 Å². The van der Waals surface area contributed by atoms with E-state index in [0.29, 0.717) is 12.2 Å². The smallest absolute Gasteiger partial charge is 0.252 e. The van der Waals surface area contributed by atoms with Gasteiger partial charge in [0.1, 0.15) is 24.2 Å². The maximum absolute atomic E-state index is 11.4. The van der Waals surface area contributed by atoms with E-state index in [0.717, 1.165) is 34.9 Å². The molecule has 0 saturated heterocycles. The molecular formula is C19H20ClNO3. The number of carbonyl (C=O) groups is 1. The lowest BCUT2D eigenvalue weighted by Crippen LogP contribution is -2.41. The van der Waals surface area contributed by atoms with E-state index < -0.39 is 5.24 Å². The number of benzene rings is 2. The first kappa shape index (κ1) is 16.7. The van der Waals surface area contributed by atoms with Gasteiger partial charge in [-0.25, -0.2) is 0 Å². The Labute approximate surface area is 146 Å². The second kappa shape index (κ2) is 6.73. The molecule has 1 aliphatic rings. The number of fused-ring (bicyclic) bond motifs is 1. The topological polar surface area (TPSA) is 38.8 Å². The van der Waals surface area contributed by atoms with Gasteiger partial charge < -0.3 is 14.4 Å². The Balaban J connectivity index is 1.71. The summed E-state index contributed by atoms with van der Waals surface area (Å²) >= 11 is 5.59. The normalized spacial score (nSPS) is 16.3. The van der Waals surface area contributed by atoms with Crippen LogP contribution in [0.25, 0.3) is 0 Å². The fourth-order valence-electron chi connectivity index (χ4n) is 2.93. The molecule has 0 N–H and O–H groups in total. The van der Waals surface area contributed by atoms with Crippen LogP contribution in [0.1, 0.15) is 21.5 Å². The van der Waals surface area contributed by atoms with Crippen molar-refractivity contribution in [2.24, 2.45) is 0 Å². The largest absolute Gasteiger partial charge is 0.489 e. The predicted molar refractivity (Wildman–Crippen MR) is 95.7 cm³/mol.